The van der Waals surface area contributed by atoms with Crippen molar-refractivity contribution >= 4 is 41.6 Å². The predicted octanol–water partition coefficient (Wildman–Crippen LogP) is 12.9. The van der Waals surface area contributed by atoms with E-state index in [9.17, 15) is 10.5 Å². The second-order valence-electron chi connectivity index (χ2n) is 13.5. The minimum absolute atomic E-state index is 0.658. The number of fused-ring (bicyclic) bond motifs is 6. The maximum absolute atomic E-state index is 9.38. The van der Waals surface area contributed by atoms with E-state index >= 15 is 0 Å². The fraction of sp³-hybridized carbons (Fsp3) is 0. The number of nitrogens with zero attached hydrogens (tertiary/aromatic N) is 3. The van der Waals surface area contributed by atoms with Crippen LogP contribution in [0.5, 0.6) is 0 Å². The van der Waals surface area contributed by atoms with Crippen LogP contribution in [0.4, 0.5) is 0 Å². The van der Waals surface area contributed by atoms with Crippen LogP contribution in [-0.2, 0) is 0 Å². The van der Waals surface area contributed by atoms with E-state index in [1.165, 1.54) is 43.7 Å². The molecule has 0 amide bonds. The quantitative estimate of drug-likeness (QED) is 0.163. The number of para-hydroxylation sites is 1. The third kappa shape index (κ3) is 5.31. The molecular weight excluding hydrogens is 769 g/mol. The van der Waals surface area contributed by atoms with Gasteiger partial charge in [-0.3, -0.25) is 0 Å². The van der Waals surface area contributed by atoms with Gasteiger partial charge in [-0.15, -0.1) is 0 Å². The molecule has 54 heavy (non-hydrogen) atoms. The molecule has 1 aromatic heterocycles. The van der Waals surface area contributed by atoms with Crippen molar-refractivity contribution in [3.63, 3.8) is 0 Å². The van der Waals surface area contributed by atoms with Gasteiger partial charge in [0.25, 0.3) is 0 Å². The Morgan fingerprint density at radius 2 is 0.796 bits per heavy atom. The number of halogens is 1. The first-order valence-electron chi connectivity index (χ1n) is 17.9. The molecule has 0 atom stereocenters. The van der Waals surface area contributed by atoms with Gasteiger partial charge in [-0.2, -0.15) is 5.26 Å². The van der Waals surface area contributed by atoms with E-state index in [0.29, 0.717) is 11.1 Å². The van der Waals surface area contributed by atoms with E-state index in [4.69, 9.17) is 0 Å². The summed E-state index contributed by atoms with van der Waals surface area (Å²) in [5, 5.41) is 21.1. The Labute approximate surface area is 321 Å². The van der Waals surface area contributed by atoms with Crippen LogP contribution in [0.15, 0.2) is 182 Å². The Morgan fingerprint density at radius 1 is 0.389 bits per heavy atom. The van der Waals surface area contributed by atoms with Crippen LogP contribution in [0.2, 0.25) is 0 Å². The molecular formula is C50H30IN3. The molecule has 1 aliphatic rings. The molecule has 0 saturated carbocycles. The molecule has 2 heterocycles. The summed E-state index contributed by atoms with van der Waals surface area (Å²) in [6, 6.07) is 69.5. The number of benzene rings is 8. The molecule has 4 heteroatoms. The Morgan fingerprint density at radius 3 is 1.30 bits per heavy atom. The second-order valence-corrected chi connectivity index (χ2v) is 18.7. The predicted molar refractivity (Wildman–Crippen MR) is 229 cm³/mol. The van der Waals surface area contributed by atoms with Crippen LogP contribution in [0, 0.1) is 33.4 Å². The summed E-state index contributed by atoms with van der Waals surface area (Å²) >= 11 is -1.92. The number of hydrogen-bond donors (Lipinski definition) is 0. The summed E-state index contributed by atoms with van der Waals surface area (Å²) in [4.78, 5) is 0. The molecule has 0 bridgehead atoms. The van der Waals surface area contributed by atoms with Crippen LogP contribution in [0.25, 0.3) is 72.0 Å². The van der Waals surface area contributed by atoms with Crippen LogP contribution in [0.3, 0.4) is 0 Å². The molecule has 0 fully saturated rings. The van der Waals surface area contributed by atoms with Gasteiger partial charge in [-0.1, -0.05) is 6.07 Å². The van der Waals surface area contributed by atoms with E-state index < -0.39 is 19.8 Å². The van der Waals surface area contributed by atoms with Crippen molar-refractivity contribution in [1.29, 1.82) is 10.5 Å². The molecule has 252 valence electrons. The molecule has 0 saturated heterocycles. The monoisotopic (exact) mass is 799 g/mol. The van der Waals surface area contributed by atoms with Crippen LogP contribution < -0.4 is 0 Å². The summed E-state index contributed by atoms with van der Waals surface area (Å²) in [5.41, 5.74) is 14.3. The fourth-order valence-electron chi connectivity index (χ4n) is 7.75. The average Bonchev–Trinajstić information content (AvgIpc) is 3.75. The normalized spacial score (nSPS) is 12.3. The fourth-order valence-corrected chi connectivity index (χ4v) is 14.0. The van der Waals surface area contributed by atoms with Gasteiger partial charge in [0.15, 0.2) is 0 Å². The summed E-state index contributed by atoms with van der Waals surface area (Å²) < 4.78 is 6.73. The Kier molecular flexibility index (Phi) is 7.72. The van der Waals surface area contributed by atoms with Gasteiger partial charge in [0, 0.05) is 0 Å². The maximum atomic E-state index is 9.38. The Bertz CT molecular complexity index is 2980. The average molecular weight is 800 g/mol. The van der Waals surface area contributed by atoms with Gasteiger partial charge in [-0.25, -0.2) is 0 Å². The van der Waals surface area contributed by atoms with Crippen molar-refractivity contribution in [2.75, 3.05) is 0 Å². The topological polar surface area (TPSA) is 52.5 Å². The molecule has 3 nitrogen and oxygen atoms in total. The minimum atomic E-state index is -1.92. The molecule has 0 aliphatic carbocycles. The summed E-state index contributed by atoms with van der Waals surface area (Å²) in [6.07, 6.45) is 0. The van der Waals surface area contributed by atoms with Crippen LogP contribution in [-0.4, -0.2) is 4.57 Å². The molecule has 0 radical (unpaired) electrons. The molecule has 10 rings (SSSR count). The SMILES string of the molecule is N#Cc1ccc(-c2ccc3c(c2)-c2cc(-c4ccc5c(c4)c4cc(-c6ccc(C#N)cc6)ccc4n5-c4ccccc4)ccc2I3c2ccccc2)cc1. The Balaban J connectivity index is 1.14. The van der Waals surface area contributed by atoms with Gasteiger partial charge in [0.05, 0.1) is 11.6 Å². The first-order valence-corrected chi connectivity index (χ1v) is 21.1. The van der Waals surface area contributed by atoms with Crippen LogP contribution >= 0.6 is 19.8 Å². The molecule has 1 aliphatic heterocycles. The van der Waals surface area contributed by atoms with Gasteiger partial charge in [0.1, 0.15) is 0 Å². The third-order valence-corrected chi connectivity index (χ3v) is 16.6. The van der Waals surface area contributed by atoms with Crippen LogP contribution in [0.1, 0.15) is 11.1 Å². The zero-order valence-electron chi connectivity index (χ0n) is 29.0. The second kappa shape index (κ2) is 13.0. The van der Waals surface area contributed by atoms with Crippen molar-refractivity contribution in [2.24, 2.45) is 0 Å². The van der Waals surface area contributed by atoms with Gasteiger partial charge in [0.2, 0.25) is 0 Å². The van der Waals surface area contributed by atoms with Crippen molar-refractivity contribution in [3.05, 3.63) is 204 Å². The summed E-state index contributed by atoms with van der Waals surface area (Å²) in [7, 11) is 0. The molecule has 0 spiro atoms. The zero-order valence-corrected chi connectivity index (χ0v) is 31.2. The van der Waals surface area contributed by atoms with Crippen molar-refractivity contribution in [3.8, 4) is 62.3 Å². The van der Waals surface area contributed by atoms with E-state index in [0.717, 1.165) is 39.0 Å². The van der Waals surface area contributed by atoms with Crippen molar-refractivity contribution in [2.45, 2.75) is 0 Å². The first kappa shape index (κ1) is 32.0. The van der Waals surface area contributed by atoms with E-state index in [1.54, 1.807) is 0 Å². The van der Waals surface area contributed by atoms with Gasteiger partial charge in [-0.05, 0) is 12.1 Å². The van der Waals surface area contributed by atoms with E-state index in [1.807, 2.05) is 48.5 Å². The first-order chi connectivity index (χ1) is 26.7. The number of aromatic nitrogens is 1. The van der Waals surface area contributed by atoms with E-state index in [2.05, 4.69) is 150 Å². The number of rotatable bonds is 5. The van der Waals surface area contributed by atoms with Gasteiger partial charge >= 0.3 is 288 Å². The van der Waals surface area contributed by atoms with E-state index in [-0.39, 0.29) is 0 Å². The summed E-state index contributed by atoms with van der Waals surface area (Å²) in [5.74, 6) is 0. The Hall–Kier alpha value is -6.73. The third-order valence-electron chi connectivity index (χ3n) is 10.4. The summed E-state index contributed by atoms with van der Waals surface area (Å²) in [6.45, 7) is 0. The number of hydrogen-bond acceptors (Lipinski definition) is 2. The van der Waals surface area contributed by atoms with Crippen molar-refractivity contribution < 1.29 is 0 Å². The van der Waals surface area contributed by atoms with Gasteiger partial charge < -0.3 is 0 Å². The molecule has 0 N–H and O–H groups in total. The zero-order chi connectivity index (χ0) is 36.2. The molecule has 8 aromatic carbocycles. The number of nitriles is 2. The standard InChI is InChI=1S/C50H30IN3/c52-31-33-11-15-35(16-12-33)37-19-23-47-43(27-37)44-28-39(20-24-48(44)51(47)41-7-3-1-4-8-41)40-22-26-50-46(30-40)45-29-38(36-17-13-34(32-53)14-18-36)21-25-49(45)54(50)42-9-5-2-6-10-42/h1-30H. The molecule has 0 unspecified atom stereocenters. The molecule has 9 aromatic rings. The van der Waals surface area contributed by atoms with Crippen molar-refractivity contribution in [1.82, 2.24) is 4.57 Å².